The van der Waals surface area contributed by atoms with Gasteiger partial charge in [0.15, 0.2) is 0 Å². The molecule has 1 heterocycles. The lowest BCUT2D eigenvalue weighted by atomic mass is 9.99. The minimum absolute atomic E-state index is 0.0667. The smallest absolute Gasteiger partial charge is 0.246 e. The van der Waals surface area contributed by atoms with Gasteiger partial charge in [-0.3, -0.25) is 14.4 Å². The van der Waals surface area contributed by atoms with Crippen LogP contribution in [0, 0.1) is 0 Å². The molecule has 0 saturated carbocycles. The van der Waals surface area contributed by atoms with Crippen molar-refractivity contribution in [2.45, 2.75) is 31.8 Å². The van der Waals surface area contributed by atoms with Gasteiger partial charge in [0, 0.05) is 25.2 Å². The molecule has 0 unspecified atom stereocenters. The number of benzene rings is 1. The number of carbonyl (C=O) groups is 3. The molecule has 0 aliphatic rings. The quantitative estimate of drug-likeness (QED) is 0.522. The Kier molecular flexibility index (Phi) is 6.56. The van der Waals surface area contributed by atoms with Crippen molar-refractivity contribution in [2.75, 3.05) is 20.8 Å². The van der Waals surface area contributed by atoms with Crippen LogP contribution in [0.1, 0.15) is 19.4 Å². The maximum atomic E-state index is 13.0. The van der Waals surface area contributed by atoms with E-state index < -0.39 is 11.6 Å². The van der Waals surface area contributed by atoms with E-state index in [4.69, 9.17) is 5.73 Å². The average Bonchev–Trinajstić information content (AvgIpc) is 3.04. The number of hydrogen-bond donors (Lipinski definition) is 2. The Hall–Kier alpha value is -2.45. The molecule has 0 aliphatic carbocycles. The van der Waals surface area contributed by atoms with Gasteiger partial charge in [0.2, 0.25) is 18.2 Å². The van der Waals surface area contributed by atoms with Crippen LogP contribution in [0.3, 0.4) is 0 Å². The van der Waals surface area contributed by atoms with Crippen LogP contribution in [0.2, 0.25) is 0 Å². The number of nitrogens with two attached hydrogens (primary N) is 1. The van der Waals surface area contributed by atoms with Crippen molar-refractivity contribution in [3.05, 3.63) is 35.2 Å². The lowest BCUT2D eigenvalue weighted by Crippen LogP contribution is -2.57. The van der Waals surface area contributed by atoms with Crippen LogP contribution >= 0.6 is 11.3 Å². The highest BCUT2D eigenvalue weighted by Gasteiger charge is 2.35. The summed E-state index contributed by atoms with van der Waals surface area (Å²) in [4.78, 5) is 39.1. The van der Waals surface area contributed by atoms with Crippen LogP contribution in [0.25, 0.3) is 10.1 Å². The Labute approximate surface area is 163 Å². The molecule has 2 rings (SSSR count). The molecular formula is C19H26N4O3S. The van der Waals surface area contributed by atoms with Crippen LogP contribution in [-0.2, 0) is 20.8 Å². The highest BCUT2D eigenvalue weighted by atomic mass is 32.1. The molecule has 0 bridgehead atoms. The van der Waals surface area contributed by atoms with E-state index >= 15 is 0 Å². The van der Waals surface area contributed by atoms with Gasteiger partial charge in [-0.25, -0.2) is 0 Å². The van der Waals surface area contributed by atoms with Crippen LogP contribution in [-0.4, -0.2) is 60.4 Å². The molecule has 27 heavy (non-hydrogen) atoms. The van der Waals surface area contributed by atoms with Crippen molar-refractivity contribution in [2.24, 2.45) is 5.73 Å². The number of likely N-dealkylation sites (N-methyl/N-ethyl adjacent to an activating group) is 2. The zero-order chi connectivity index (χ0) is 20.2. The van der Waals surface area contributed by atoms with Gasteiger partial charge in [-0.1, -0.05) is 18.2 Å². The summed E-state index contributed by atoms with van der Waals surface area (Å²) in [5, 5.41) is 5.55. The van der Waals surface area contributed by atoms with Crippen molar-refractivity contribution >= 4 is 39.6 Å². The predicted octanol–water partition coefficient (Wildman–Crippen LogP) is 1.17. The fourth-order valence-corrected chi connectivity index (χ4v) is 3.87. The van der Waals surface area contributed by atoms with E-state index in [9.17, 15) is 14.4 Å². The topological polar surface area (TPSA) is 95.7 Å². The highest BCUT2D eigenvalue weighted by molar-refractivity contribution is 7.17. The first-order chi connectivity index (χ1) is 12.7. The van der Waals surface area contributed by atoms with E-state index in [1.54, 1.807) is 39.3 Å². The largest absolute Gasteiger partial charge is 0.341 e. The molecule has 3 N–H and O–H groups in total. The summed E-state index contributed by atoms with van der Waals surface area (Å²) >= 11 is 1.60. The Morgan fingerprint density at radius 2 is 1.96 bits per heavy atom. The lowest BCUT2D eigenvalue weighted by molar-refractivity contribution is -0.146. The van der Waals surface area contributed by atoms with Gasteiger partial charge in [0.1, 0.15) is 6.04 Å². The standard InChI is InChI=1S/C19H26N4O3S/c1-19(2,20)18(26)23(4)15(17(25)22(3)11-21-12-24)9-13-10-27-16-8-6-5-7-14(13)16/h5-8,10,12,15H,9,11,20H2,1-4H3,(H,21,24)/t15-/m1/s1. The number of nitrogens with zero attached hydrogens (tertiary/aromatic N) is 2. The molecule has 1 aromatic heterocycles. The van der Waals surface area contributed by atoms with E-state index in [2.05, 4.69) is 5.32 Å². The lowest BCUT2D eigenvalue weighted by Gasteiger charge is -2.34. The fraction of sp³-hybridized carbons (Fsp3) is 0.421. The van der Waals surface area contributed by atoms with Gasteiger partial charge < -0.3 is 20.9 Å². The van der Waals surface area contributed by atoms with Gasteiger partial charge in [-0.05, 0) is 36.2 Å². The molecule has 7 nitrogen and oxygen atoms in total. The van der Waals surface area contributed by atoms with Gasteiger partial charge in [-0.15, -0.1) is 11.3 Å². The molecule has 0 spiro atoms. The van der Waals surface area contributed by atoms with Crippen molar-refractivity contribution in [3.63, 3.8) is 0 Å². The average molecular weight is 391 g/mol. The first-order valence-electron chi connectivity index (χ1n) is 8.60. The summed E-state index contributed by atoms with van der Waals surface area (Å²) in [5.74, 6) is -0.586. The Bertz CT molecular complexity index is 828. The molecule has 0 aliphatic heterocycles. The second-order valence-corrected chi connectivity index (χ2v) is 8.04. The number of carbonyl (C=O) groups excluding carboxylic acids is 3. The zero-order valence-corrected chi connectivity index (χ0v) is 16.9. The monoisotopic (exact) mass is 390 g/mol. The normalized spacial score (nSPS) is 12.5. The molecule has 1 atom stereocenters. The van der Waals surface area contributed by atoms with Crippen molar-refractivity contribution in [1.29, 1.82) is 0 Å². The van der Waals surface area contributed by atoms with Crippen LogP contribution < -0.4 is 11.1 Å². The van der Waals surface area contributed by atoms with Crippen molar-refractivity contribution < 1.29 is 14.4 Å². The number of amides is 3. The molecule has 1 aromatic carbocycles. The maximum absolute atomic E-state index is 13.0. The van der Waals surface area contributed by atoms with E-state index in [1.165, 1.54) is 9.80 Å². The van der Waals surface area contributed by atoms with Crippen LogP contribution in [0.5, 0.6) is 0 Å². The Morgan fingerprint density at radius 3 is 2.59 bits per heavy atom. The molecule has 146 valence electrons. The summed E-state index contributed by atoms with van der Waals surface area (Å²) in [5.41, 5.74) is 5.87. The molecular weight excluding hydrogens is 364 g/mol. The Morgan fingerprint density at radius 1 is 1.30 bits per heavy atom. The van der Waals surface area contributed by atoms with E-state index in [0.717, 1.165) is 15.6 Å². The zero-order valence-electron chi connectivity index (χ0n) is 16.1. The molecule has 0 radical (unpaired) electrons. The van der Waals surface area contributed by atoms with Gasteiger partial charge in [0.25, 0.3) is 0 Å². The first-order valence-corrected chi connectivity index (χ1v) is 9.48. The minimum atomic E-state index is -1.09. The van der Waals surface area contributed by atoms with E-state index in [0.29, 0.717) is 12.8 Å². The van der Waals surface area contributed by atoms with Gasteiger partial charge in [0.05, 0.1) is 12.2 Å². The fourth-order valence-electron chi connectivity index (χ4n) is 2.89. The maximum Gasteiger partial charge on any atom is 0.246 e. The van der Waals surface area contributed by atoms with Gasteiger partial charge in [-0.2, -0.15) is 0 Å². The second-order valence-electron chi connectivity index (χ2n) is 7.13. The third kappa shape index (κ3) is 4.84. The van der Waals surface area contributed by atoms with Crippen molar-refractivity contribution in [1.82, 2.24) is 15.1 Å². The highest BCUT2D eigenvalue weighted by Crippen LogP contribution is 2.27. The second kappa shape index (κ2) is 8.49. The molecule has 0 fully saturated rings. The summed E-state index contributed by atoms with van der Waals surface area (Å²) in [6, 6.07) is 7.23. The minimum Gasteiger partial charge on any atom is -0.341 e. The van der Waals surface area contributed by atoms with E-state index in [1.807, 2.05) is 29.6 Å². The number of hydrogen-bond acceptors (Lipinski definition) is 5. The van der Waals surface area contributed by atoms with Crippen LogP contribution in [0.15, 0.2) is 29.6 Å². The molecule has 3 amide bonds. The van der Waals surface area contributed by atoms with E-state index in [-0.39, 0.29) is 18.5 Å². The number of fused-ring (bicyclic) bond motifs is 1. The summed E-state index contributed by atoms with van der Waals surface area (Å²) < 4.78 is 1.13. The third-order valence-electron chi connectivity index (χ3n) is 4.39. The summed E-state index contributed by atoms with van der Waals surface area (Å²) in [6.07, 6.45) is 0.898. The number of rotatable bonds is 8. The first kappa shape index (κ1) is 20.9. The summed E-state index contributed by atoms with van der Waals surface area (Å²) in [6.45, 7) is 3.30. The van der Waals surface area contributed by atoms with Crippen LogP contribution in [0.4, 0.5) is 0 Å². The molecule has 8 heteroatoms. The van der Waals surface area contributed by atoms with Crippen molar-refractivity contribution in [3.8, 4) is 0 Å². The number of nitrogens with one attached hydrogen (secondary N) is 1. The molecule has 2 aromatic rings. The predicted molar refractivity (Wildman–Crippen MR) is 107 cm³/mol. The third-order valence-corrected chi connectivity index (χ3v) is 5.40. The van der Waals surface area contributed by atoms with Gasteiger partial charge >= 0.3 is 0 Å². The SMILES string of the molecule is CN(CNC=O)C(=O)[C@@H](Cc1csc2ccccc12)N(C)C(=O)C(C)(C)N. The summed E-state index contributed by atoms with van der Waals surface area (Å²) in [7, 11) is 3.18. The Balaban J connectivity index is 2.35. The number of thiophene rings is 1. The molecule has 0 saturated heterocycles.